The fourth-order valence-corrected chi connectivity index (χ4v) is 1.24. The van der Waals surface area contributed by atoms with Crippen molar-refractivity contribution in [2.45, 2.75) is 0 Å². The topological polar surface area (TPSA) is 89.9 Å². The van der Waals surface area contributed by atoms with Gasteiger partial charge >= 0.3 is 6.01 Å². The first-order valence-corrected chi connectivity index (χ1v) is 4.03. The highest BCUT2D eigenvalue weighted by molar-refractivity contribution is 7.07. The lowest BCUT2D eigenvalue weighted by Crippen LogP contribution is -2.06. The van der Waals surface area contributed by atoms with Gasteiger partial charge in [0.2, 0.25) is 5.82 Å². The van der Waals surface area contributed by atoms with E-state index in [0.29, 0.717) is 11.5 Å². The molecule has 0 aliphatic rings. The van der Waals surface area contributed by atoms with Gasteiger partial charge in [0.1, 0.15) is 5.69 Å². The van der Waals surface area contributed by atoms with Crippen molar-refractivity contribution < 1.29 is 4.52 Å². The molecule has 62 valence electrons. The van der Waals surface area contributed by atoms with Crippen LogP contribution in [0.5, 0.6) is 0 Å². The van der Waals surface area contributed by atoms with Gasteiger partial charge in [-0.3, -0.25) is 5.43 Å². The van der Waals surface area contributed by atoms with Crippen LogP contribution >= 0.6 is 11.3 Å². The maximum absolute atomic E-state index is 5.05. The van der Waals surface area contributed by atoms with E-state index in [0.717, 1.165) is 0 Å². The molecule has 2 heterocycles. The highest BCUT2D eigenvalue weighted by Crippen LogP contribution is 2.16. The maximum atomic E-state index is 5.05. The van der Waals surface area contributed by atoms with Crippen molar-refractivity contribution in [1.82, 2.24) is 15.1 Å². The number of nitrogens with zero attached hydrogens (tertiary/aromatic N) is 3. The normalized spacial score (nSPS) is 10.1. The second-order valence-electron chi connectivity index (χ2n) is 1.94. The van der Waals surface area contributed by atoms with Gasteiger partial charge in [-0.15, -0.1) is 11.3 Å². The average molecular weight is 183 g/mol. The van der Waals surface area contributed by atoms with Gasteiger partial charge in [0, 0.05) is 5.38 Å². The summed E-state index contributed by atoms with van der Waals surface area (Å²) in [5.74, 6) is 5.49. The van der Waals surface area contributed by atoms with E-state index >= 15 is 0 Å². The van der Waals surface area contributed by atoms with Gasteiger partial charge in [0.25, 0.3) is 0 Å². The van der Waals surface area contributed by atoms with Gasteiger partial charge in [0.15, 0.2) is 0 Å². The van der Waals surface area contributed by atoms with E-state index in [1.807, 2.05) is 5.38 Å². The molecule has 0 atom stereocenters. The van der Waals surface area contributed by atoms with Crippen LogP contribution in [0.15, 0.2) is 15.4 Å². The van der Waals surface area contributed by atoms with E-state index in [9.17, 15) is 0 Å². The Kier molecular flexibility index (Phi) is 1.72. The molecule has 2 aromatic rings. The van der Waals surface area contributed by atoms with Crippen LogP contribution in [0.3, 0.4) is 0 Å². The molecule has 7 heteroatoms. The number of anilines is 1. The molecule has 0 unspecified atom stereocenters. The first kappa shape index (κ1) is 7.19. The van der Waals surface area contributed by atoms with Crippen molar-refractivity contribution in [3.05, 3.63) is 10.9 Å². The lowest BCUT2D eigenvalue weighted by atomic mass is 10.5. The first-order chi connectivity index (χ1) is 5.90. The highest BCUT2D eigenvalue weighted by atomic mass is 32.1. The predicted molar refractivity (Wildman–Crippen MR) is 43.2 cm³/mol. The van der Waals surface area contributed by atoms with Crippen LogP contribution in [0.1, 0.15) is 0 Å². The number of aromatic nitrogens is 3. The zero-order valence-corrected chi connectivity index (χ0v) is 6.71. The second kappa shape index (κ2) is 2.88. The van der Waals surface area contributed by atoms with Crippen LogP contribution in [0, 0.1) is 0 Å². The predicted octanol–water partition coefficient (Wildman–Crippen LogP) is 0.479. The molecule has 3 N–H and O–H groups in total. The third kappa shape index (κ3) is 1.15. The monoisotopic (exact) mass is 183 g/mol. The molecular formula is C5H5N5OS. The summed E-state index contributed by atoms with van der Waals surface area (Å²) in [5, 5.41) is 5.47. The number of hydrogen-bond acceptors (Lipinski definition) is 7. The number of thiazole rings is 1. The first-order valence-electron chi connectivity index (χ1n) is 3.09. The maximum Gasteiger partial charge on any atom is 0.335 e. The minimum atomic E-state index is 0.179. The van der Waals surface area contributed by atoms with Crippen LogP contribution in [0.4, 0.5) is 6.01 Å². The molecule has 12 heavy (non-hydrogen) atoms. The molecule has 0 saturated heterocycles. The van der Waals surface area contributed by atoms with E-state index in [1.54, 1.807) is 5.51 Å². The van der Waals surface area contributed by atoms with Crippen molar-refractivity contribution in [1.29, 1.82) is 0 Å². The SMILES string of the molecule is NNc1nc(-c2cscn2)no1. The van der Waals surface area contributed by atoms with Crippen molar-refractivity contribution in [3.63, 3.8) is 0 Å². The Morgan fingerprint density at radius 3 is 3.08 bits per heavy atom. The van der Waals surface area contributed by atoms with Gasteiger partial charge in [-0.2, -0.15) is 4.98 Å². The smallest absolute Gasteiger partial charge is 0.314 e. The van der Waals surface area contributed by atoms with E-state index in [4.69, 9.17) is 10.4 Å². The summed E-state index contributed by atoms with van der Waals surface area (Å²) in [6.07, 6.45) is 0. The number of hydrogen-bond donors (Lipinski definition) is 2. The molecule has 0 aliphatic carbocycles. The highest BCUT2D eigenvalue weighted by Gasteiger charge is 2.07. The van der Waals surface area contributed by atoms with Crippen LogP contribution in [-0.4, -0.2) is 15.1 Å². The van der Waals surface area contributed by atoms with Crippen LogP contribution < -0.4 is 11.3 Å². The zero-order chi connectivity index (χ0) is 8.39. The lowest BCUT2D eigenvalue weighted by molar-refractivity contribution is 0.432. The van der Waals surface area contributed by atoms with Gasteiger partial charge in [-0.25, -0.2) is 10.8 Å². The summed E-state index contributed by atoms with van der Waals surface area (Å²) in [7, 11) is 0. The number of hydrazine groups is 1. The average Bonchev–Trinajstić information content (AvgIpc) is 2.75. The minimum Gasteiger partial charge on any atom is -0.314 e. The molecule has 0 aromatic carbocycles. The zero-order valence-electron chi connectivity index (χ0n) is 5.89. The fraction of sp³-hybridized carbons (Fsp3) is 0. The molecular weight excluding hydrogens is 178 g/mol. The van der Waals surface area contributed by atoms with Crippen molar-refractivity contribution >= 4 is 17.4 Å². The summed E-state index contributed by atoms with van der Waals surface area (Å²) in [5.41, 5.74) is 4.63. The lowest BCUT2D eigenvalue weighted by Gasteiger charge is -1.83. The molecule has 6 nitrogen and oxygen atoms in total. The molecule has 0 saturated carbocycles. The second-order valence-corrected chi connectivity index (χ2v) is 2.66. The summed E-state index contributed by atoms with van der Waals surface area (Å²) < 4.78 is 4.70. The van der Waals surface area contributed by atoms with E-state index in [1.165, 1.54) is 11.3 Å². The minimum absolute atomic E-state index is 0.179. The van der Waals surface area contributed by atoms with Crippen molar-refractivity contribution in [3.8, 4) is 11.5 Å². The molecule has 0 radical (unpaired) electrons. The molecule has 0 fully saturated rings. The Bertz CT molecular complexity index is 356. The Labute approximate surface area is 71.4 Å². The molecule has 0 spiro atoms. The van der Waals surface area contributed by atoms with Crippen molar-refractivity contribution in [2.24, 2.45) is 5.84 Å². The largest absolute Gasteiger partial charge is 0.335 e. The third-order valence-electron chi connectivity index (χ3n) is 1.21. The Morgan fingerprint density at radius 2 is 2.50 bits per heavy atom. The number of nitrogens with one attached hydrogen (secondary N) is 1. The fourth-order valence-electron chi connectivity index (χ4n) is 0.709. The summed E-state index contributed by atoms with van der Waals surface area (Å²) >= 11 is 1.47. The Morgan fingerprint density at radius 1 is 1.58 bits per heavy atom. The Hall–Kier alpha value is -1.47. The number of rotatable bonds is 2. The van der Waals surface area contributed by atoms with E-state index in [2.05, 4.69) is 20.6 Å². The van der Waals surface area contributed by atoms with Gasteiger partial charge < -0.3 is 4.52 Å². The van der Waals surface area contributed by atoms with E-state index < -0.39 is 0 Å². The third-order valence-corrected chi connectivity index (χ3v) is 1.80. The van der Waals surface area contributed by atoms with Crippen LogP contribution in [-0.2, 0) is 0 Å². The molecule has 2 rings (SSSR count). The number of nitrogens with two attached hydrogens (primary N) is 1. The summed E-state index contributed by atoms with van der Waals surface area (Å²) in [6, 6.07) is 0.179. The summed E-state index contributed by atoms with van der Waals surface area (Å²) in [6.45, 7) is 0. The molecule has 0 amide bonds. The van der Waals surface area contributed by atoms with E-state index in [-0.39, 0.29) is 6.01 Å². The number of nitrogen functional groups attached to an aromatic ring is 1. The molecule has 0 bridgehead atoms. The standard InChI is InChI=1S/C5H5N5OS/c6-9-5-8-4(10-11-5)3-1-12-2-7-3/h1-2H,6H2,(H,8,9,10). The quantitative estimate of drug-likeness (QED) is 0.520. The summed E-state index contributed by atoms with van der Waals surface area (Å²) in [4.78, 5) is 7.90. The van der Waals surface area contributed by atoms with Crippen LogP contribution in [0.2, 0.25) is 0 Å². The molecule has 2 aromatic heterocycles. The Balaban J connectivity index is 2.35. The van der Waals surface area contributed by atoms with Crippen molar-refractivity contribution in [2.75, 3.05) is 5.43 Å². The van der Waals surface area contributed by atoms with Gasteiger partial charge in [-0.1, -0.05) is 5.16 Å². The molecule has 0 aliphatic heterocycles. The van der Waals surface area contributed by atoms with Gasteiger partial charge in [-0.05, 0) is 0 Å². The van der Waals surface area contributed by atoms with Gasteiger partial charge in [0.05, 0.1) is 5.51 Å². The van der Waals surface area contributed by atoms with Crippen LogP contribution in [0.25, 0.3) is 11.5 Å².